The Labute approximate surface area is 204 Å². The molecule has 1 fully saturated rings. The number of carboxylic acids is 1. The van der Waals surface area contributed by atoms with Gasteiger partial charge < -0.3 is 15.5 Å². The monoisotopic (exact) mass is 506 g/mol. The summed E-state index contributed by atoms with van der Waals surface area (Å²) in [4.78, 5) is 24.0. The summed E-state index contributed by atoms with van der Waals surface area (Å²) in [6, 6.07) is 6.24. The van der Waals surface area contributed by atoms with E-state index in [-0.39, 0.29) is 12.4 Å². The third-order valence-electron chi connectivity index (χ3n) is 6.14. The highest BCUT2D eigenvalue weighted by molar-refractivity contribution is 7.15. The van der Waals surface area contributed by atoms with E-state index in [2.05, 4.69) is 20.3 Å². The maximum absolute atomic E-state index is 13.0. The number of anilines is 2. The molecule has 1 aliphatic rings. The average Bonchev–Trinajstić information content (AvgIpc) is 3.23. The van der Waals surface area contributed by atoms with Crippen molar-refractivity contribution in [3.63, 3.8) is 0 Å². The summed E-state index contributed by atoms with van der Waals surface area (Å²) in [5, 5.41) is 24.0. The Balaban J connectivity index is 1.59. The predicted molar refractivity (Wildman–Crippen MR) is 125 cm³/mol. The Morgan fingerprint density at radius 1 is 1.23 bits per heavy atom. The van der Waals surface area contributed by atoms with Crippen LogP contribution in [0.5, 0.6) is 0 Å². The third kappa shape index (κ3) is 5.79. The van der Waals surface area contributed by atoms with Crippen LogP contribution in [0.15, 0.2) is 36.7 Å². The number of aryl methyl sites for hydroxylation is 1. The van der Waals surface area contributed by atoms with Crippen molar-refractivity contribution in [2.45, 2.75) is 57.7 Å². The van der Waals surface area contributed by atoms with Gasteiger partial charge in [0.15, 0.2) is 0 Å². The minimum atomic E-state index is -4.57. The predicted octanol–water partition coefficient (Wildman–Crippen LogP) is 5.91. The molecule has 35 heavy (non-hydrogen) atoms. The van der Waals surface area contributed by atoms with Gasteiger partial charge in [-0.2, -0.15) is 13.2 Å². The Hall–Kier alpha value is -3.05. The zero-order valence-corrected chi connectivity index (χ0v) is 20.0. The van der Waals surface area contributed by atoms with Crippen LogP contribution >= 0.6 is 11.3 Å². The number of nitrogens with zero attached hydrogens (tertiary/aromatic N) is 3. The highest BCUT2D eigenvalue weighted by atomic mass is 32.1. The Bertz CT molecular complexity index is 1250. The van der Waals surface area contributed by atoms with E-state index in [0.717, 1.165) is 34.7 Å². The second-order valence-corrected chi connectivity index (χ2v) is 10.5. The number of aromatic nitrogens is 3. The van der Waals surface area contributed by atoms with Crippen LogP contribution in [0.25, 0.3) is 10.4 Å². The highest BCUT2D eigenvalue weighted by Crippen LogP contribution is 2.49. The molecule has 1 aromatic carbocycles. The summed E-state index contributed by atoms with van der Waals surface area (Å²) >= 11 is 1.32. The van der Waals surface area contributed by atoms with Gasteiger partial charge in [0.25, 0.3) is 0 Å². The van der Waals surface area contributed by atoms with Crippen molar-refractivity contribution in [3.05, 3.63) is 52.9 Å². The van der Waals surface area contributed by atoms with Gasteiger partial charge in [-0.05, 0) is 67.3 Å². The summed E-state index contributed by atoms with van der Waals surface area (Å²) in [5.41, 5.74) is -0.614. The van der Waals surface area contributed by atoms with Crippen LogP contribution in [-0.4, -0.2) is 31.1 Å². The standard InChI is InChI=1S/C24H25F3N4O3S/c1-14-8-15(10-16(9-14)30-21-28-7-4-18(31-21)24(25,26)27)17-12-29-20(35-17)23(34)6-3-5-22(2,13-23)11-19(32)33/h4,7-10,12,34H,3,5-6,11,13H2,1-2H3,(H,32,33)(H,28,30,31)/t22-,23-/m0/s1. The summed E-state index contributed by atoms with van der Waals surface area (Å²) in [5.74, 6) is -1.06. The highest BCUT2D eigenvalue weighted by Gasteiger charge is 2.45. The van der Waals surface area contributed by atoms with Crippen LogP contribution in [-0.2, 0) is 16.6 Å². The van der Waals surface area contributed by atoms with E-state index in [1.165, 1.54) is 11.3 Å². The van der Waals surface area contributed by atoms with Gasteiger partial charge in [0, 0.05) is 18.1 Å². The smallest absolute Gasteiger partial charge is 0.433 e. The van der Waals surface area contributed by atoms with Crippen molar-refractivity contribution in [2.24, 2.45) is 5.41 Å². The first-order valence-corrected chi connectivity index (χ1v) is 11.9. The lowest BCUT2D eigenvalue weighted by molar-refractivity contribution is -0.142. The minimum absolute atomic E-state index is 0.0158. The van der Waals surface area contributed by atoms with E-state index in [0.29, 0.717) is 30.0 Å². The fraction of sp³-hybridized carbons (Fsp3) is 0.417. The van der Waals surface area contributed by atoms with Gasteiger partial charge >= 0.3 is 12.1 Å². The Morgan fingerprint density at radius 2 is 2.00 bits per heavy atom. The van der Waals surface area contributed by atoms with Gasteiger partial charge in [-0.1, -0.05) is 13.0 Å². The van der Waals surface area contributed by atoms with Gasteiger partial charge in [0.1, 0.15) is 16.3 Å². The van der Waals surface area contributed by atoms with Gasteiger partial charge in [-0.15, -0.1) is 11.3 Å². The first-order valence-electron chi connectivity index (χ1n) is 11.1. The molecule has 3 aromatic rings. The molecule has 186 valence electrons. The molecule has 0 saturated heterocycles. The second-order valence-electron chi connectivity index (χ2n) is 9.45. The van der Waals surface area contributed by atoms with E-state index < -0.39 is 28.9 Å². The molecule has 7 nitrogen and oxygen atoms in total. The molecule has 0 unspecified atom stereocenters. The summed E-state index contributed by atoms with van der Waals surface area (Å²) < 4.78 is 38.9. The fourth-order valence-electron chi connectivity index (χ4n) is 4.72. The maximum atomic E-state index is 13.0. The summed E-state index contributed by atoms with van der Waals surface area (Å²) in [7, 11) is 0. The normalized spacial score (nSPS) is 22.7. The zero-order valence-electron chi connectivity index (χ0n) is 19.2. The molecule has 2 heterocycles. The molecule has 0 aliphatic heterocycles. The van der Waals surface area contributed by atoms with E-state index in [9.17, 15) is 28.2 Å². The van der Waals surface area contributed by atoms with Gasteiger partial charge in [0.05, 0.1) is 11.3 Å². The molecule has 0 amide bonds. The average molecular weight is 507 g/mol. The number of carboxylic acid groups (broad SMARTS) is 1. The summed E-state index contributed by atoms with van der Waals surface area (Å²) in [6.45, 7) is 3.74. The molecule has 0 bridgehead atoms. The van der Waals surface area contributed by atoms with Crippen LogP contribution in [0.4, 0.5) is 24.8 Å². The Kier molecular flexibility index (Phi) is 6.58. The number of nitrogens with one attached hydrogen (secondary N) is 1. The number of halogens is 3. The molecule has 0 spiro atoms. The van der Waals surface area contributed by atoms with Gasteiger partial charge in [-0.25, -0.2) is 15.0 Å². The number of thiazole rings is 1. The molecule has 11 heteroatoms. The van der Waals surface area contributed by atoms with E-state index in [1.54, 1.807) is 18.3 Å². The molecule has 1 saturated carbocycles. The molecule has 0 radical (unpaired) electrons. The van der Waals surface area contributed by atoms with Crippen molar-refractivity contribution in [1.29, 1.82) is 0 Å². The molecule has 2 aromatic heterocycles. The van der Waals surface area contributed by atoms with E-state index >= 15 is 0 Å². The number of carbonyl (C=O) groups is 1. The lowest BCUT2D eigenvalue weighted by Crippen LogP contribution is -2.39. The molecule has 1 aliphatic carbocycles. The second kappa shape index (κ2) is 9.19. The SMILES string of the molecule is Cc1cc(Nc2nccc(C(F)(F)F)n2)cc(-c2cnc([C@]3(O)CCC[C@@](C)(CC(=O)O)C3)s2)c1. The lowest BCUT2D eigenvalue weighted by atomic mass is 9.67. The number of alkyl halides is 3. The third-order valence-corrected chi connectivity index (χ3v) is 7.38. The zero-order chi connectivity index (χ0) is 25.4. The van der Waals surface area contributed by atoms with Crippen molar-refractivity contribution < 1.29 is 28.2 Å². The first kappa shape index (κ1) is 25.1. The van der Waals surface area contributed by atoms with Gasteiger partial charge in [-0.3, -0.25) is 4.79 Å². The van der Waals surface area contributed by atoms with Crippen LogP contribution in [0.1, 0.15) is 55.3 Å². The van der Waals surface area contributed by atoms with Crippen LogP contribution in [0.3, 0.4) is 0 Å². The number of hydrogen-bond acceptors (Lipinski definition) is 7. The van der Waals surface area contributed by atoms with E-state index in [4.69, 9.17) is 0 Å². The first-order chi connectivity index (χ1) is 16.4. The number of aliphatic carboxylic acids is 1. The quantitative estimate of drug-likeness (QED) is 0.381. The number of benzene rings is 1. The number of hydrogen-bond donors (Lipinski definition) is 3. The molecule has 4 rings (SSSR count). The molecule has 3 N–H and O–H groups in total. The van der Waals surface area contributed by atoms with Crippen LogP contribution < -0.4 is 5.32 Å². The fourth-order valence-corrected chi connectivity index (χ4v) is 5.73. The number of rotatable bonds is 6. The van der Waals surface area contributed by atoms with Crippen LogP contribution in [0.2, 0.25) is 0 Å². The molecule has 2 atom stereocenters. The van der Waals surface area contributed by atoms with Crippen molar-refractivity contribution >= 4 is 28.9 Å². The topological polar surface area (TPSA) is 108 Å². The molecular formula is C24H25F3N4O3S. The largest absolute Gasteiger partial charge is 0.481 e. The van der Waals surface area contributed by atoms with Crippen molar-refractivity contribution in [1.82, 2.24) is 15.0 Å². The van der Waals surface area contributed by atoms with E-state index in [1.807, 2.05) is 19.9 Å². The lowest BCUT2D eigenvalue weighted by Gasteiger charge is -2.41. The van der Waals surface area contributed by atoms with Crippen molar-refractivity contribution in [2.75, 3.05) is 5.32 Å². The number of aliphatic hydroxyl groups is 1. The minimum Gasteiger partial charge on any atom is -0.481 e. The summed E-state index contributed by atoms with van der Waals surface area (Å²) in [6.07, 6.45) is 0.354. The maximum Gasteiger partial charge on any atom is 0.433 e. The Morgan fingerprint density at radius 3 is 2.71 bits per heavy atom. The van der Waals surface area contributed by atoms with Crippen molar-refractivity contribution in [3.8, 4) is 10.4 Å². The van der Waals surface area contributed by atoms with Crippen LogP contribution in [0, 0.1) is 12.3 Å². The van der Waals surface area contributed by atoms with Gasteiger partial charge in [0.2, 0.25) is 5.95 Å². The molecular weight excluding hydrogens is 481 g/mol.